The van der Waals surface area contributed by atoms with Crippen LogP contribution in [-0.2, 0) is 4.79 Å². The first-order valence-electron chi connectivity index (χ1n) is 7.81. The average molecular weight is 290 g/mol. The van der Waals surface area contributed by atoms with E-state index in [1.807, 2.05) is 36.1 Å². The molecule has 1 heterocycles. The molecule has 4 nitrogen and oxygen atoms in total. The third-order valence-corrected chi connectivity index (χ3v) is 4.39. The molecule has 1 saturated heterocycles. The van der Waals surface area contributed by atoms with Gasteiger partial charge in [0.15, 0.2) is 0 Å². The van der Waals surface area contributed by atoms with Crippen LogP contribution in [0.25, 0.3) is 0 Å². The Bertz CT molecular complexity index is 485. The number of hydrogen-bond acceptors (Lipinski definition) is 3. The van der Waals surface area contributed by atoms with E-state index in [2.05, 4.69) is 19.2 Å². The summed E-state index contributed by atoms with van der Waals surface area (Å²) in [5, 5.41) is 3.40. The number of hydrogen-bond donors (Lipinski definition) is 1. The Morgan fingerprint density at radius 1 is 1.33 bits per heavy atom. The number of ether oxygens (including phenoxy) is 1. The van der Waals surface area contributed by atoms with Gasteiger partial charge in [-0.2, -0.15) is 0 Å². The second kappa shape index (κ2) is 6.94. The number of methoxy groups -OCH3 is 1. The minimum Gasteiger partial charge on any atom is -0.497 e. The molecule has 0 saturated carbocycles. The molecule has 1 aliphatic heterocycles. The number of nitrogens with one attached hydrogen (secondary N) is 1. The Labute approximate surface area is 127 Å². The Morgan fingerprint density at radius 3 is 2.67 bits per heavy atom. The van der Waals surface area contributed by atoms with Crippen molar-refractivity contribution >= 4 is 5.91 Å². The van der Waals surface area contributed by atoms with E-state index in [4.69, 9.17) is 4.74 Å². The van der Waals surface area contributed by atoms with Crippen molar-refractivity contribution in [3.8, 4) is 5.75 Å². The molecule has 0 aromatic heterocycles. The van der Waals surface area contributed by atoms with Gasteiger partial charge in [0.1, 0.15) is 11.9 Å². The van der Waals surface area contributed by atoms with Gasteiger partial charge in [0.05, 0.1) is 13.2 Å². The highest BCUT2D eigenvalue weighted by Crippen LogP contribution is 2.29. The molecule has 1 amide bonds. The number of carbonyl (C=O) groups excluding carboxylic acids is 1. The highest BCUT2D eigenvalue weighted by molar-refractivity contribution is 5.84. The molecule has 1 aromatic carbocycles. The van der Waals surface area contributed by atoms with Crippen LogP contribution in [0.15, 0.2) is 24.3 Å². The number of benzene rings is 1. The largest absolute Gasteiger partial charge is 0.497 e. The molecule has 0 spiro atoms. The topological polar surface area (TPSA) is 41.6 Å². The highest BCUT2D eigenvalue weighted by Gasteiger charge is 2.37. The quantitative estimate of drug-likeness (QED) is 0.876. The molecule has 0 radical (unpaired) electrons. The van der Waals surface area contributed by atoms with E-state index in [0.29, 0.717) is 5.92 Å². The van der Waals surface area contributed by atoms with Crippen LogP contribution >= 0.6 is 0 Å². The van der Waals surface area contributed by atoms with E-state index in [9.17, 15) is 4.79 Å². The van der Waals surface area contributed by atoms with Crippen LogP contribution in [0.1, 0.15) is 45.3 Å². The summed E-state index contributed by atoms with van der Waals surface area (Å²) in [6.07, 6.45) is 2.14. The van der Waals surface area contributed by atoms with E-state index in [-0.39, 0.29) is 18.1 Å². The summed E-state index contributed by atoms with van der Waals surface area (Å²) < 4.78 is 5.30. The van der Waals surface area contributed by atoms with Crippen molar-refractivity contribution < 1.29 is 9.53 Å². The summed E-state index contributed by atoms with van der Waals surface area (Å²) in [7, 11) is 1.66. The molecular weight excluding hydrogens is 264 g/mol. The maximum Gasteiger partial charge on any atom is 0.241 e. The minimum absolute atomic E-state index is 0.0526. The Hall–Kier alpha value is -1.55. The van der Waals surface area contributed by atoms with Gasteiger partial charge in [-0.1, -0.05) is 38.8 Å². The van der Waals surface area contributed by atoms with Crippen LogP contribution in [0.3, 0.4) is 0 Å². The molecule has 2 rings (SSSR count). The molecule has 1 aliphatic rings. The van der Waals surface area contributed by atoms with Gasteiger partial charge >= 0.3 is 0 Å². The molecule has 4 heteroatoms. The fourth-order valence-electron chi connectivity index (χ4n) is 2.88. The van der Waals surface area contributed by atoms with Crippen molar-refractivity contribution in [3.05, 3.63) is 29.8 Å². The second-order valence-electron chi connectivity index (χ2n) is 5.74. The van der Waals surface area contributed by atoms with E-state index >= 15 is 0 Å². The van der Waals surface area contributed by atoms with Crippen molar-refractivity contribution in [3.63, 3.8) is 0 Å². The third kappa shape index (κ3) is 3.38. The van der Waals surface area contributed by atoms with Crippen LogP contribution < -0.4 is 10.1 Å². The summed E-state index contributed by atoms with van der Waals surface area (Å²) >= 11 is 0. The predicted octanol–water partition coefficient (Wildman–Crippen LogP) is 2.95. The normalized spacial score (nSPS) is 22.1. The fourth-order valence-corrected chi connectivity index (χ4v) is 2.88. The first kappa shape index (κ1) is 15.8. The van der Waals surface area contributed by atoms with E-state index in [1.165, 1.54) is 0 Å². The molecule has 2 unspecified atom stereocenters. The minimum atomic E-state index is -0.129. The number of amides is 1. The lowest BCUT2D eigenvalue weighted by molar-refractivity contribution is -0.130. The molecule has 1 aromatic rings. The van der Waals surface area contributed by atoms with E-state index in [1.54, 1.807) is 7.11 Å². The maximum absolute atomic E-state index is 12.4. The smallest absolute Gasteiger partial charge is 0.241 e. The first-order chi connectivity index (χ1) is 10.1. The summed E-state index contributed by atoms with van der Waals surface area (Å²) in [6.45, 7) is 7.12. The van der Waals surface area contributed by atoms with Crippen molar-refractivity contribution in [2.75, 3.05) is 13.7 Å². The first-order valence-corrected chi connectivity index (χ1v) is 7.81. The van der Waals surface area contributed by atoms with Gasteiger partial charge in [-0.15, -0.1) is 0 Å². The zero-order valence-electron chi connectivity index (χ0n) is 13.4. The van der Waals surface area contributed by atoms with Gasteiger partial charge in [0.25, 0.3) is 0 Å². The van der Waals surface area contributed by atoms with Crippen LogP contribution in [0.5, 0.6) is 5.75 Å². The highest BCUT2D eigenvalue weighted by atomic mass is 16.5. The van der Waals surface area contributed by atoms with Crippen LogP contribution in [0.2, 0.25) is 0 Å². The monoisotopic (exact) mass is 290 g/mol. The number of carbonyl (C=O) groups is 1. The molecule has 21 heavy (non-hydrogen) atoms. The lowest BCUT2D eigenvalue weighted by Crippen LogP contribution is -2.34. The Balaban J connectivity index is 2.24. The molecule has 1 fully saturated rings. The summed E-state index contributed by atoms with van der Waals surface area (Å²) in [5.41, 5.74) is 1.08. The van der Waals surface area contributed by atoms with Gasteiger partial charge in [-0.05, 0) is 30.5 Å². The SMILES string of the molecule is CCC(CC)CN1C(=O)C(C)NC1c1cccc(OC)c1. The van der Waals surface area contributed by atoms with E-state index in [0.717, 1.165) is 30.7 Å². The van der Waals surface area contributed by atoms with Crippen LogP contribution in [-0.4, -0.2) is 30.5 Å². The van der Waals surface area contributed by atoms with E-state index < -0.39 is 0 Å². The molecule has 1 N–H and O–H groups in total. The standard InChI is InChI=1S/C17H26N2O2/c1-5-13(6-2)11-19-16(18-12(3)17(19)20)14-8-7-9-15(10-14)21-4/h7-10,12-13,16,18H,5-6,11H2,1-4H3. The lowest BCUT2D eigenvalue weighted by atomic mass is 10.0. The second-order valence-corrected chi connectivity index (χ2v) is 5.74. The molecule has 116 valence electrons. The summed E-state index contributed by atoms with van der Waals surface area (Å²) in [5.74, 6) is 1.56. The molecular formula is C17H26N2O2. The average Bonchev–Trinajstić information content (AvgIpc) is 2.80. The van der Waals surface area contributed by atoms with Gasteiger partial charge in [0, 0.05) is 6.54 Å². The third-order valence-electron chi connectivity index (χ3n) is 4.39. The van der Waals surface area contributed by atoms with Crippen molar-refractivity contribution in [1.29, 1.82) is 0 Å². The van der Waals surface area contributed by atoms with Crippen LogP contribution in [0.4, 0.5) is 0 Å². The van der Waals surface area contributed by atoms with Crippen molar-refractivity contribution in [1.82, 2.24) is 10.2 Å². The summed E-state index contributed by atoms with van der Waals surface area (Å²) in [6, 6.07) is 7.82. The molecule has 0 bridgehead atoms. The number of rotatable bonds is 6. The molecule has 2 atom stereocenters. The van der Waals surface area contributed by atoms with Crippen molar-refractivity contribution in [2.45, 2.75) is 45.8 Å². The molecule has 0 aliphatic carbocycles. The zero-order valence-corrected chi connectivity index (χ0v) is 13.4. The van der Waals surface area contributed by atoms with Gasteiger partial charge in [-0.25, -0.2) is 0 Å². The van der Waals surface area contributed by atoms with Gasteiger partial charge in [0.2, 0.25) is 5.91 Å². The number of nitrogens with zero attached hydrogens (tertiary/aromatic N) is 1. The van der Waals surface area contributed by atoms with Crippen molar-refractivity contribution in [2.24, 2.45) is 5.92 Å². The maximum atomic E-state index is 12.4. The Morgan fingerprint density at radius 2 is 2.05 bits per heavy atom. The van der Waals surface area contributed by atoms with Gasteiger partial charge in [-0.3, -0.25) is 10.1 Å². The zero-order chi connectivity index (χ0) is 15.4. The summed E-state index contributed by atoms with van der Waals surface area (Å²) in [4.78, 5) is 14.4. The lowest BCUT2D eigenvalue weighted by Gasteiger charge is -2.28. The predicted molar refractivity (Wildman–Crippen MR) is 84.1 cm³/mol. The Kier molecular flexibility index (Phi) is 5.23. The van der Waals surface area contributed by atoms with Crippen LogP contribution in [0, 0.1) is 5.92 Å². The van der Waals surface area contributed by atoms with Gasteiger partial charge < -0.3 is 9.64 Å². The fraction of sp³-hybridized carbons (Fsp3) is 0.588.